The van der Waals surface area contributed by atoms with Gasteiger partial charge in [0.15, 0.2) is 5.65 Å². The van der Waals surface area contributed by atoms with Gasteiger partial charge < -0.3 is 10.1 Å². The predicted molar refractivity (Wildman–Crippen MR) is 97.4 cm³/mol. The van der Waals surface area contributed by atoms with Crippen LogP contribution in [0.4, 0.5) is 0 Å². The van der Waals surface area contributed by atoms with E-state index in [1.807, 2.05) is 30.3 Å². The van der Waals surface area contributed by atoms with E-state index < -0.39 is 5.97 Å². The molecule has 1 aromatic carbocycles. The Balaban J connectivity index is 1.70. The summed E-state index contributed by atoms with van der Waals surface area (Å²) < 4.78 is 7.67. The third-order valence-electron chi connectivity index (χ3n) is 3.87. The normalized spacial score (nSPS) is 10.7. The fourth-order valence-corrected chi connectivity index (χ4v) is 2.56. The molecule has 0 saturated heterocycles. The van der Waals surface area contributed by atoms with E-state index in [1.165, 1.54) is 17.1 Å². The molecule has 1 N–H and O–H groups in total. The Morgan fingerprint density at radius 3 is 2.74 bits per heavy atom. The minimum atomic E-state index is -0.501. The van der Waals surface area contributed by atoms with Gasteiger partial charge in [0.1, 0.15) is 11.9 Å². The van der Waals surface area contributed by atoms with Gasteiger partial charge in [0.05, 0.1) is 24.8 Å². The number of aromatic nitrogens is 4. The monoisotopic (exact) mass is 369 g/mol. The Kier molecular flexibility index (Phi) is 5.60. The SMILES string of the molecule is CCOC(=O)CNC(=O)CCn1cnc2c(cnn2-c2ccccc2)c1=O. The summed E-state index contributed by atoms with van der Waals surface area (Å²) >= 11 is 0. The van der Waals surface area contributed by atoms with Crippen LogP contribution in [0.2, 0.25) is 0 Å². The van der Waals surface area contributed by atoms with Gasteiger partial charge in [-0.2, -0.15) is 5.10 Å². The van der Waals surface area contributed by atoms with Crippen LogP contribution < -0.4 is 10.9 Å². The van der Waals surface area contributed by atoms with Crippen molar-refractivity contribution in [2.24, 2.45) is 0 Å². The lowest BCUT2D eigenvalue weighted by molar-refractivity contribution is -0.143. The predicted octanol–water partition coefficient (Wildman–Crippen LogP) is 0.652. The number of carbonyl (C=O) groups is 2. The van der Waals surface area contributed by atoms with Crippen LogP contribution in [-0.4, -0.2) is 44.4 Å². The number of nitrogens with one attached hydrogen (secondary N) is 1. The van der Waals surface area contributed by atoms with E-state index in [0.717, 1.165) is 5.69 Å². The highest BCUT2D eigenvalue weighted by Crippen LogP contribution is 2.12. The van der Waals surface area contributed by atoms with Crippen LogP contribution in [0.1, 0.15) is 13.3 Å². The molecular weight excluding hydrogens is 350 g/mol. The van der Waals surface area contributed by atoms with Gasteiger partial charge in [-0.15, -0.1) is 0 Å². The van der Waals surface area contributed by atoms with E-state index in [0.29, 0.717) is 11.0 Å². The zero-order valence-corrected chi connectivity index (χ0v) is 14.8. The van der Waals surface area contributed by atoms with Crippen molar-refractivity contribution in [2.75, 3.05) is 13.2 Å². The molecule has 1 amide bonds. The standard InChI is InChI=1S/C18H19N5O4/c1-2-27-16(25)11-19-15(24)8-9-22-12-20-17-14(18(22)26)10-21-23(17)13-6-4-3-5-7-13/h3-7,10,12H,2,8-9,11H2,1H3,(H,19,24). The van der Waals surface area contributed by atoms with Gasteiger partial charge in [0.25, 0.3) is 5.56 Å². The van der Waals surface area contributed by atoms with Crippen molar-refractivity contribution in [1.29, 1.82) is 0 Å². The molecule has 0 aliphatic rings. The van der Waals surface area contributed by atoms with E-state index >= 15 is 0 Å². The number of carbonyl (C=O) groups excluding carboxylic acids is 2. The highest BCUT2D eigenvalue weighted by atomic mass is 16.5. The van der Waals surface area contributed by atoms with Crippen LogP contribution in [0.15, 0.2) is 47.7 Å². The average Bonchev–Trinajstić information content (AvgIpc) is 3.12. The molecule has 0 aliphatic heterocycles. The van der Waals surface area contributed by atoms with Gasteiger partial charge in [-0.1, -0.05) is 18.2 Å². The Morgan fingerprint density at radius 1 is 1.22 bits per heavy atom. The summed E-state index contributed by atoms with van der Waals surface area (Å²) in [4.78, 5) is 40.0. The van der Waals surface area contributed by atoms with Gasteiger partial charge >= 0.3 is 5.97 Å². The van der Waals surface area contributed by atoms with E-state index in [9.17, 15) is 14.4 Å². The van der Waals surface area contributed by atoms with E-state index in [4.69, 9.17) is 4.74 Å². The number of esters is 1. The Hall–Kier alpha value is -3.49. The number of aryl methyl sites for hydroxylation is 1. The molecule has 9 heteroatoms. The smallest absolute Gasteiger partial charge is 0.325 e. The molecule has 0 fully saturated rings. The summed E-state index contributed by atoms with van der Waals surface area (Å²) in [6.07, 6.45) is 2.90. The quantitative estimate of drug-likeness (QED) is 0.613. The van der Waals surface area contributed by atoms with Crippen molar-refractivity contribution >= 4 is 22.9 Å². The van der Waals surface area contributed by atoms with Crippen LogP contribution in [0, 0.1) is 0 Å². The van der Waals surface area contributed by atoms with Gasteiger partial charge in [-0.25, -0.2) is 9.67 Å². The summed E-state index contributed by atoms with van der Waals surface area (Å²) in [7, 11) is 0. The molecule has 0 bridgehead atoms. The maximum Gasteiger partial charge on any atom is 0.325 e. The topological polar surface area (TPSA) is 108 Å². The highest BCUT2D eigenvalue weighted by molar-refractivity contribution is 5.81. The number of benzene rings is 1. The third kappa shape index (κ3) is 4.20. The Bertz CT molecular complexity index is 1010. The van der Waals surface area contributed by atoms with Gasteiger partial charge in [-0.05, 0) is 19.1 Å². The van der Waals surface area contributed by atoms with E-state index in [1.54, 1.807) is 11.6 Å². The molecule has 2 heterocycles. The third-order valence-corrected chi connectivity index (χ3v) is 3.87. The summed E-state index contributed by atoms with van der Waals surface area (Å²) in [5.41, 5.74) is 0.977. The van der Waals surface area contributed by atoms with E-state index in [2.05, 4.69) is 15.4 Å². The molecule has 3 rings (SSSR count). The van der Waals surface area contributed by atoms with Crippen LogP contribution in [0.25, 0.3) is 16.7 Å². The summed E-state index contributed by atoms with van der Waals surface area (Å²) in [6, 6.07) is 9.38. The number of hydrogen-bond donors (Lipinski definition) is 1. The highest BCUT2D eigenvalue weighted by Gasteiger charge is 2.12. The first-order valence-electron chi connectivity index (χ1n) is 8.51. The first-order valence-corrected chi connectivity index (χ1v) is 8.51. The lowest BCUT2D eigenvalue weighted by atomic mass is 10.3. The molecule has 0 atom stereocenters. The van der Waals surface area contributed by atoms with Crippen molar-refractivity contribution in [1.82, 2.24) is 24.6 Å². The molecular formula is C18H19N5O4. The number of amides is 1. The lowest BCUT2D eigenvalue weighted by Crippen LogP contribution is -2.32. The number of para-hydroxylation sites is 1. The van der Waals surface area contributed by atoms with Crippen molar-refractivity contribution in [3.8, 4) is 5.69 Å². The molecule has 0 aliphatic carbocycles. The van der Waals surface area contributed by atoms with Crippen LogP contribution in [0.5, 0.6) is 0 Å². The van der Waals surface area contributed by atoms with Crippen LogP contribution >= 0.6 is 0 Å². The molecule has 27 heavy (non-hydrogen) atoms. The Morgan fingerprint density at radius 2 is 2.00 bits per heavy atom. The molecule has 0 spiro atoms. The second kappa shape index (κ2) is 8.26. The fraction of sp³-hybridized carbons (Fsp3) is 0.278. The first kappa shape index (κ1) is 18.3. The molecule has 3 aromatic rings. The lowest BCUT2D eigenvalue weighted by Gasteiger charge is -2.07. The van der Waals surface area contributed by atoms with Gasteiger partial charge in [-0.3, -0.25) is 19.0 Å². The zero-order chi connectivity index (χ0) is 19.2. The van der Waals surface area contributed by atoms with Crippen molar-refractivity contribution in [3.05, 3.63) is 53.2 Å². The van der Waals surface area contributed by atoms with Crippen molar-refractivity contribution < 1.29 is 14.3 Å². The molecule has 0 radical (unpaired) electrons. The maximum absolute atomic E-state index is 12.6. The average molecular weight is 369 g/mol. The summed E-state index contributed by atoms with van der Waals surface area (Å²) in [5.74, 6) is -0.852. The summed E-state index contributed by atoms with van der Waals surface area (Å²) in [6.45, 7) is 1.90. The van der Waals surface area contributed by atoms with Crippen LogP contribution in [0.3, 0.4) is 0 Å². The molecule has 0 unspecified atom stereocenters. The largest absolute Gasteiger partial charge is 0.465 e. The number of hydrogen-bond acceptors (Lipinski definition) is 6. The molecule has 2 aromatic heterocycles. The number of nitrogens with zero attached hydrogens (tertiary/aromatic N) is 4. The Labute approximate surface area is 154 Å². The molecule has 140 valence electrons. The second-order valence-electron chi connectivity index (χ2n) is 5.70. The van der Waals surface area contributed by atoms with Gasteiger partial charge in [0, 0.05) is 13.0 Å². The first-order chi connectivity index (χ1) is 13.1. The number of rotatable bonds is 7. The minimum absolute atomic E-state index is 0.0410. The van der Waals surface area contributed by atoms with E-state index in [-0.39, 0.29) is 37.6 Å². The minimum Gasteiger partial charge on any atom is -0.465 e. The zero-order valence-electron chi connectivity index (χ0n) is 14.8. The molecule has 9 nitrogen and oxygen atoms in total. The summed E-state index contributed by atoms with van der Waals surface area (Å²) in [5, 5.41) is 7.06. The van der Waals surface area contributed by atoms with Crippen LogP contribution in [-0.2, 0) is 20.9 Å². The van der Waals surface area contributed by atoms with Gasteiger partial charge in [0.2, 0.25) is 5.91 Å². The maximum atomic E-state index is 12.6. The fourth-order valence-electron chi connectivity index (χ4n) is 2.56. The number of ether oxygens (including phenoxy) is 1. The number of fused-ring (bicyclic) bond motifs is 1. The second-order valence-corrected chi connectivity index (χ2v) is 5.70. The van der Waals surface area contributed by atoms with Crippen molar-refractivity contribution in [2.45, 2.75) is 19.9 Å². The van der Waals surface area contributed by atoms with Crippen molar-refractivity contribution in [3.63, 3.8) is 0 Å². The molecule has 0 saturated carbocycles.